The normalized spacial score (nSPS) is 13.3. The number of rotatable bonds is 6. The summed E-state index contributed by atoms with van der Waals surface area (Å²) in [6.07, 6.45) is 1.56. The number of nitrogens with zero attached hydrogens (tertiary/aromatic N) is 1. The SMILES string of the molecule is CCCC(C#N)(Cc1cccc(N)c1)C(=O)OCC. The number of anilines is 1. The van der Waals surface area contributed by atoms with E-state index in [4.69, 9.17) is 10.5 Å². The predicted octanol–water partition coefficient (Wildman–Crippen LogP) is 2.68. The van der Waals surface area contributed by atoms with Crippen molar-refractivity contribution in [2.24, 2.45) is 5.41 Å². The van der Waals surface area contributed by atoms with Crippen molar-refractivity contribution in [2.75, 3.05) is 12.3 Å². The number of hydrogen-bond donors (Lipinski definition) is 1. The van der Waals surface area contributed by atoms with Gasteiger partial charge in [0.15, 0.2) is 5.41 Å². The first-order valence-electron chi connectivity index (χ1n) is 6.51. The van der Waals surface area contributed by atoms with Gasteiger partial charge in [0.1, 0.15) is 0 Å². The lowest BCUT2D eigenvalue weighted by molar-refractivity contribution is -0.152. The molecule has 0 fully saturated rings. The fourth-order valence-corrected chi connectivity index (χ4v) is 2.15. The van der Waals surface area contributed by atoms with E-state index in [0.29, 0.717) is 18.5 Å². The van der Waals surface area contributed by atoms with Crippen molar-refractivity contribution < 1.29 is 9.53 Å². The fraction of sp³-hybridized carbons (Fsp3) is 0.467. The lowest BCUT2D eigenvalue weighted by atomic mass is 9.79. The van der Waals surface area contributed by atoms with Crippen LogP contribution in [-0.2, 0) is 16.0 Å². The Bertz CT molecular complexity index is 479. The Balaban J connectivity index is 3.03. The van der Waals surface area contributed by atoms with Crippen LogP contribution in [0.3, 0.4) is 0 Å². The van der Waals surface area contributed by atoms with Crippen LogP contribution >= 0.6 is 0 Å². The van der Waals surface area contributed by atoms with E-state index in [2.05, 4.69) is 6.07 Å². The Morgan fingerprint density at radius 3 is 2.74 bits per heavy atom. The van der Waals surface area contributed by atoms with Crippen LogP contribution in [0.1, 0.15) is 32.3 Å². The second-order valence-corrected chi connectivity index (χ2v) is 4.59. The molecule has 0 radical (unpaired) electrons. The molecule has 0 aliphatic rings. The molecule has 4 nitrogen and oxygen atoms in total. The van der Waals surface area contributed by atoms with Gasteiger partial charge < -0.3 is 10.5 Å². The van der Waals surface area contributed by atoms with Crippen LogP contribution in [0.5, 0.6) is 0 Å². The number of nitrogen functional groups attached to an aromatic ring is 1. The summed E-state index contributed by atoms with van der Waals surface area (Å²) in [6.45, 7) is 3.97. The average molecular weight is 260 g/mol. The van der Waals surface area contributed by atoms with Crippen LogP contribution in [0, 0.1) is 16.7 Å². The third-order valence-electron chi connectivity index (χ3n) is 3.01. The highest BCUT2D eigenvalue weighted by atomic mass is 16.5. The highest BCUT2D eigenvalue weighted by Crippen LogP contribution is 2.30. The Labute approximate surface area is 114 Å². The van der Waals surface area contributed by atoms with E-state index in [1.165, 1.54) is 0 Å². The number of ether oxygens (including phenoxy) is 1. The third kappa shape index (κ3) is 3.72. The maximum atomic E-state index is 12.1. The molecule has 1 rings (SSSR count). The predicted molar refractivity (Wildman–Crippen MR) is 74.1 cm³/mol. The van der Waals surface area contributed by atoms with E-state index in [-0.39, 0.29) is 6.61 Å². The van der Waals surface area contributed by atoms with Crippen LogP contribution in [0.4, 0.5) is 5.69 Å². The minimum Gasteiger partial charge on any atom is -0.465 e. The molecule has 0 saturated heterocycles. The molecular formula is C15H20N2O2. The summed E-state index contributed by atoms with van der Waals surface area (Å²) in [5.74, 6) is -0.443. The molecule has 1 aromatic carbocycles. The van der Waals surface area contributed by atoms with Crippen molar-refractivity contribution in [1.82, 2.24) is 0 Å². The van der Waals surface area contributed by atoms with E-state index in [1.807, 2.05) is 19.1 Å². The minimum atomic E-state index is -1.11. The minimum absolute atomic E-state index is 0.281. The van der Waals surface area contributed by atoms with Gasteiger partial charge in [-0.3, -0.25) is 4.79 Å². The van der Waals surface area contributed by atoms with Gasteiger partial charge in [0, 0.05) is 12.1 Å². The van der Waals surface area contributed by atoms with Gasteiger partial charge in [0.2, 0.25) is 0 Å². The van der Waals surface area contributed by atoms with Crippen molar-refractivity contribution in [3.05, 3.63) is 29.8 Å². The van der Waals surface area contributed by atoms with Gasteiger partial charge in [-0.15, -0.1) is 0 Å². The summed E-state index contributed by atoms with van der Waals surface area (Å²) in [4.78, 5) is 12.1. The molecule has 1 atom stereocenters. The van der Waals surface area contributed by atoms with Gasteiger partial charge in [-0.05, 0) is 31.0 Å². The van der Waals surface area contributed by atoms with Gasteiger partial charge in [-0.1, -0.05) is 25.5 Å². The van der Waals surface area contributed by atoms with Gasteiger partial charge in [-0.25, -0.2) is 0 Å². The van der Waals surface area contributed by atoms with Crippen molar-refractivity contribution in [1.29, 1.82) is 5.26 Å². The standard InChI is InChI=1S/C15H20N2O2/c1-3-8-15(11-16,14(18)19-4-2)10-12-6-5-7-13(17)9-12/h5-7,9H,3-4,8,10,17H2,1-2H3. The maximum Gasteiger partial charge on any atom is 0.326 e. The van der Waals surface area contributed by atoms with E-state index in [9.17, 15) is 10.1 Å². The summed E-state index contributed by atoms with van der Waals surface area (Å²) in [6, 6.07) is 9.42. The van der Waals surface area contributed by atoms with E-state index in [1.54, 1.807) is 19.1 Å². The van der Waals surface area contributed by atoms with Crippen molar-refractivity contribution in [3.8, 4) is 6.07 Å². The second kappa shape index (κ2) is 6.79. The summed E-state index contributed by atoms with van der Waals surface area (Å²) in [7, 11) is 0. The number of carbonyl (C=O) groups excluding carboxylic acids is 1. The molecule has 0 aliphatic carbocycles. The highest BCUT2D eigenvalue weighted by molar-refractivity contribution is 5.80. The fourth-order valence-electron chi connectivity index (χ4n) is 2.15. The summed E-state index contributed by atoms with van der Waals surface area (Å²) < 4.78 is 5.06. The van der Waals surface area contributed by atoms with Crippen LogP contribution in [0.15, 0.2) is 24.3 Å². The van der Waals surface area contributed by atoms with E-state index in [0.717, 1.165) is 12.0 Å². The van der Waals surface area contributed by atoms with Gasteiger partial charge in [0.25, 0.3) is 0 Å². The molecule has 0 aliphatic heterocycles. The molecule has 1 aromatic rings. The topological polar surface area (TPSA) is 76.1 Å². The zero-order chi connectivity index (χ0) is 14.3. The molecule has 0 amide bonds. The Morgan fingerprint density at radius 1 is 1.47 bits per heavy atom. The van der Waals surface area contributed by atoms with E-state index < -0.39 is 11.4 Å². The number of benzene rings is 1. The Kier molecular flexibility index (Phi) is 5.37. The third-order valence-corrected chi connectivity index (χ3v) is 3.01. The number of nitriles is 1. The molecule has 0 saturated carbocycles. The first-order valence-corrected chi connectivity index (χ1v) is 6.51. The molecule has 0 spiro atoms. The molecule has 2 N–H and O–H groups in total. The van der Waals surface area contributed by atoms with Crippen LogP contribution in [0.25, 0.3) is 0 Å². The van der Waals surface area contributed by atoms with Gasteiger partial charge >= 0.3 is 5.97 Å². The summed E-state index contributed by atoms with van der Waals surface area (Å²) >= 11 is 0. The monoisotopic (exact) mass is 260 g/mol. The van der Waals surface area contributed by atoms with Crippen molar-refractivity contribution >= 4 is 11.7 Å². The molecule has 4 heteroatoms. The molecule has 102 valence electrons. The maximum absolute atomic E-state index is 12.1. The molecule has 1 unspecified atom stereocenters. The van der Waals surface area contributed by atoms with Gasteiger partial charge in [0.05, 0.1) is 12.7 Å². The largest absolute Gasteiger partial charge is 0.465 e. The molecule has 0 bridgehead atoms. The Morgan fingerprint density at radius 2 is 2.21 bits per heavy atom. The molecule has 0 aromatic heterocycles. The van der Waals surface area contributed by atoms with Crippen LogP contribution in [-0.4, -0.2) is 12.6 Å². The second-order valence-electron chi connectivity index (χ2n) is 4.59. The first kappa shape index (κ1) is 15.0. The van der Waals surface area contributed by atoms with E-state index >= 15 is 0 Å². The lowest BCUT2D eigenvalue weighted by Gasteiger charge is -2.24. The number of carbonyl (C=O) groups is 1. The molecular weight excluding hydrogens is 240 g/mol. The Hall–Kier alpha value is -2.02. The quantitative estimate of drug-likeness (QED) is 0.630. The summed E-state index contributed by atoms with van der Waals surface area (Å²) in [5, 5.41) is 9.45. The number of hydrogen-bond acceptors (Lipinski definition) is 4. The molecule has 19 heavy (non-hydrogen) atoms. The lowest BCUT2D eigenvalue weighted by Crippen LogP contribution is -2.34. The van der Waals surface area contributed by atoms with Crippen molar-refractivity contribution in [2.45, 2.75) is 33.1 Å². The zero-order valence-corrected chi connectivity index (χ0v) is 11.5. The van der Waals surface area contributed by atoms with Crippen LogP contribution < -0.4 is 5.73 Å². The number of esters is 1. The summed E-state index contributed by atoms with van der Waals surface area (Å²) in [5.41, 5.74) is 6.12. The molecule has 0 heterocycles. The van der Waals surface area contributed by atoms with Crippen molar-refractivity contribution in [3.63, 3.8) is 0 Å². The van der Waals surface area contributed by atoms with Crippen LogP contribution in [0.2, 0.25) is 0 Å². The highest BCUT2D eigenvalue weighted by Gasteiger charge is 2.39. The smallest absolute Gasteiger partial charge is 0.326 e. The average Bonchev–Trinajstić information content (AvgIpc) is 2.38. The first-order chi connectivity index (χ1) is 9.07. The van der Waals surface area contributed by atoms with Gasteiger partial charge in [-0.2, -0.15) is 5.26 Å². The zero-order valence-electron chi connectivity index (χ0n) is 11.5. The number of nitrogens with two attached hydrogens (primary N) is 1.